The molecule has 0 fully saturated rings. The molecule has 2 aromatic rings. The van der Waals surface area contributed by atoms with Crippen LogP contribution in [0.4, 0.5) is 5.69 Å². The van der Waals surface area contributed by atoms with Crippen LogP contribution in [0.5, 0.6) is 0 Å². The molecule has 0 aliphatic rings. The predicted octanol–water partition coefficient (Wildman–Crippen LogP) is 2.02. The van der Waals surface area contributed by atoms with Crippen LogP contribution in [0, 0.1) is 10.1 Å². The van der Waals surface area contributed by atoms with Gasteiger partial charge in [0.1, 0.15) is 12.4 Å². The van der Waals surface area contributed by atoms with Crippen LogP contribution in [0.1, 0.15) is 25.7 Å². The number of aromatic nitrogens is 2. The SMILES string of the molecule is CC(C)n1c(CO)nc2cc([N+](=O)[O-])ccc21. The maximum atomic E-state index is 10.7. The van der Waals surface area contributed by atoms with Gasteiger partial charge in [0.2, 0.25) is 0 Å². The highest BCUT2D eigenvalue weighted by atomic mass is 16.6. The zero-order valence-electron chi connectivity index (χ0n) is 9.62. The lowest BCUT2D eigenvalue weighted by atomic mass is 10.2. The van der Waals surface area contributed by atoms with E-state index >= 15 is 0 Å². The first-order chi connectivity index (χ1) is 8.04. The first kappa shape index (κ1) is 11.5. The Balaban J connectivity index is 2.69. The lowest BCUT2D eigenvalue weighted by Gasteiger charge is -2.11. The average molecular weight is 235 g/mol. The second kappa shape index (κ2) is 4.14. The Morgan fingerprint density at radius 1 is 1.53 bits per heavy atom. The third-order valence-electron chi connectivity index (χ3n) is 2.61. The maximum Gasteiger partial charge on any atom is 0.271 e. The Labute approximate surface area is 97.7 Å². The summed E-state index contributed by atoms with van der Waals surface area (Å²) < 4.78 is 1.87. The molecule has 6 heteroatoms. The summed E-state index contributed by atoms with van der Waals surface area (Å²) in [7, 11) is 0. The first-order valence-electron chi connectivity index (χ1n) is 5.30. The van der Waals surface area contributed by atoms with Gasteiger partial charge in [-0.3, -0.25) is 10.1 Å². The Hall–Kier alpha value is -1.95. The molecule has 2 rings (SSSR count). The van der Waals surface area contributed by atoms with E-state index in [0.29, 0.717) is 11.3 Å². The normalized spacial score (nSPS) is 11.3. The summed E-state index contributed by atoms with van der Waals surface area (Å²) in [6.07, 6.45) is 0. The number of non-ortho nitro benzene ring substituents is 1. The second-order valence-electron chi connectivity index (χ2n) is 4.08. The van der Waals surface area contributed by atoms with Gasteiger partial charge in [0, 0.05) is 18.2 Å². The molecule has 0 aliphatic carbocycles. The number of hydrogen-bond donors (Lipinski definition) is 1. The Bertz CT molecular complexity index is 575. The zero-order chi connectivity index (χ0) is 12.6. The molecule has 0 radical (unpaired) electrons. The summed E-state index contributed by atoms with van der Waals surface area (Å²) in [6, 6.07) is 4.68. The van der Waals surface area contributed by atoms with Crippen molar-refractivity contribution < 1.29 is 10.0 Å². The first-order valence-corrected chi connectivity index (χ1v) is 5.30. The van der Waals surface area contributed by atoms with E-state index in [1.807, 2.05) is 18.4 Å². The van der Waals surface area contributed by atoms with Gasteiger partial charge in [-0.2, -0.15) is 0 Å². The zero-order valence-corrected chi connectivity index (χ0v) is 9.62. The van der Waals surface area contributed by atoms with Crippen LogP contribution in [0.3, 0.4) is 0 Å². The second-order valence-corrected chi connectivity index (χ2v) is 4.08. The smallest absolute Gasteiger partial charge is 0.271 e. The Morgan fingerprint density at radius 3 is 2.76 bits per heavy atom. The highest BCUT2D eigenvalue weighted by molar-refractivity contribution is 5.78. The van der Waals surface area contributed by atoms with Gasteiger partial charge in [-0.05, 0) is 19.9 Å². The number of hydrogen-bond acceptors (Lipinski definition) is 4. The molecule has 0 bridgehead atoms. The number of nitro groups is 1. The fourth-order valence-corrected chi connectivity index (χ4v) is 1.94. The van der Waals surface area contributed by atoms with Gasteiger partial charge in [-0.15, -0.1) is 0 Å². The van der Waals surface area contributed by atoms with Crippen LogP contribution in [-0.4, -0.2) is 19.6 Å². The molecule has 0 amide bonds. The minimum absolute atomic E-state index is 0.00963. The number of rotatable bonds is 3. The van der Waals surface area contributed by atoms with Crippen molar-refractivity contribution in [2.75, 3.05) is 0 Å². The van der Waals surface area contributed by atoms with E-state index in [1.165, 1.54) is 12.1 Å². The largest absolute Gasteiger partial charge is 0.388 e. The summed E-state index contributed by atoms with van der Waals surface area (Å²) >= 11 is 0. The molecule has 90 valence electrons. The van der Waals surface area contributed by atoms with Gasteiger partial charge in [-0.1, -0.05) is 0 Å². The van der Waals surface area contributed by atoms with Gasteiger partial charge in [0.15, 0.2) is 0 Å². The lowest BCUT2D eigenvalue weighted by Crippen LogP contribution is -2.05. The van der Waals surface area contributed by atoms with Crippen molar-refractivity contribution in [3.63, 3.8) is 0 Å². The van der Waals surface area contributed by atoms with Gasteiger partial charge in [0.25, 0.3) is 5.69 Å². The van der Waals surface area contributed by atoms with E-state index < -0.39 is 4.92 Å². The summed E-state index contributed by atoms with van der Waals surface area (Å²) in [4.78, 5) is 14.4. The van der Waals surface area contributed by atoms with Crippen LogP contribution < -0.4 is 0 Å². The standard InChI is InChI=1S/C11H13N3O3/c1-7(2)13-10-4-3-8(14(16)17)5-9(10)12-11(13)6-15/h3-5,7,15H,6H2,1-2H3. The quantitative estimate of drug-likeness (QED) is 0.651. The van der Waals surface area contributed by atoms with Crippen molar-refractivity contribution in [3.8, 4) is 0 Å². The van der Waals surface area contributed by atoms with Gasteiger partial charge >= 0.3 is 0 Å². The van der Waals surface area contributed by atoms with Crippen molar-refractivity contribution in [1.29, 1.82) is 0 Å². The van der Waals surface area contributed by atoms with Crippen LogP contribution in [0.2, 0.25) is 0 Å². The number of nitrogens with zero attached hydrogens (tertiary/aromatic N) is 3. The minimum atomic E-state index is -0.452. The van der Waals surface area contributed by atoms with Crippen LogP contribution >= 0.6 is 0 Å². The van der Waals surface area contributed by atoms with Crippen LogP contribution in [0.15, 0.2) is 18.2 Å². The van der Waals surface area contributed by atoms with E-state index in [2.05, 4.69) is 4.98 Å². The molecular formula is C11H13N3O3. The fraction of sp³-hybridized carbons (Fsp3) is 0.364. The Morgan fingerprint density at radius 2 is 2.24 bits per heavy atom. The molecule has 1 heterocycles. The molecule has 1 aromatic heterocycles. The summed E-state index contributed by atoms with van der Waals surface area (Å²) in [6.45, 7) is 3.77. The van der Waals surface area contributed by atoms with E-state index in [1.54, 1.807) is 6.07 Å². The van der Waals surface area contributed by atoms with Crippen molar-refractivity contribution in [2.24, 2.45) is 0 Å². The number of aliphatic hydroxyl groups is 1. The van der Waals surface area contributed by atoms with Crippen molar-refractivity contribution >= 4 is 16.7 Å². The number of benzene rings is 1. The Kier molecular flexibility index (Phi) is 2.81. The summed E-state index contributed by atoms with van der Waals surface area (Å²) in [5.74, 6) is 0.524. The van der Waals surface area contributed by atoms with Crippen molar-refractivity contribution in [2.45, 2.75) is 26.5 Å². The molecule has 1 N–H and O–H groups in total. The number of aliphatic hydroxyl groups excluding tert-OH is 1. The fourth-order valence-electron chi connectivity index (χ4n) is 1.94. The molecule has 0 atom stereocenters. The van der Waals surface area contributed by atoms with Gasteiger partial charge < -0.3 is 9.67 Å². The third-order valence-corrected chi connectivity index (χ3v) is 2.61. The molecule has 0 unspecified atom stereocenters. The summed E-state index contributed by atoms with van der Waals surface area (Å²) in [5.41, 5.74) is 1.35. The highest BCUT2D eigenvalue weighted by Crippen LogP contribution is 2.24. The molecule has 0 aliphatic heterocycles. The average Bonchev–Trinajstić information content (AvgIpc) is 2.65. The highest BCUT2D eigenvalue weighted by Gasteiger charge is 2.15. The minimum Gasteiger partial charge on any atom is -0.388 e. The van der Waals surface area contributed by atoms with Gasteiger partial charge in [-0.25, -0.2) is 4.98 Å². The van der Waals surface area contributed by atoms with E-state index in [0.717, 1.165) is 5.52 Å². The molecule has 0 spiro atoms. The topological polar surface area (TPSA) is 81.2 Å². The maximum absolute atomic E-state index is 10.7. The van der Waals surface area contributed by atoms with E-state index in [-0.39, 0.29) is 18.3 Å². The monoisotopic (exact) mass is 235 g/mol. The molecule has 1 aromatic carbocycles. The van der Waals surface area contributed by atoms with Gasteiger partial charge in [0.05, 0.1) is 16.0 Å². The number of imidazole rings is 1. The molecule has 17 heavy (non-hydrogen) atoms. The van der Waals surface area contributed by atoms with Crippen LogP contribution in [0.25, 0.3) is 11.0 Å². The van der Waals surface area contributed by atoms with E-state index in [9.17, 15) is 15.2 Å². The van der Waals surface area contributed by atoms with Crippen molar-refractivity contribution in [3.05, 3.63) is 34.1 Å². The molecule has 6 nitrogen and oxygen atoms in total. The van der Waals surface area contributed by atoms with Crippen molar-refractivity contribution in [1.82, 2.24) is 9.55 Å². The third kappa shape index (κ3) is 1.87. The molecule has 0 saturated carbocycles. The summed E-state index contributed by atoms with van der Waals surface area (Å²) in [5, 5.41) is 19.9. The molecular weight excluding hydrogens is 222 g/mol. The number of fused-ring (bicyclic) bond motifs is 1. The molecule has 0 saturated heterocycles. The number of nitro benzene ring substituents is 1. The predicted molar refractivity (Wildman–Crippen MR) is 62.7 cm³/mol. The lowest BCUT2D eigenvalue weighted by molar-refractivity contribution is -0.384. The van der Waals surface area contributed by atoms with Crippen LogP contribution in [-0.2, 0) is 6.61 Å². The van der Waals surface area contributed by atoms with E-state index in [4.69, 9.17) is 0 Å².